The second-order valence-electron chi connectivity index (χ2n) is 5.81. The van der Waals surface area contributed by atoms with Crippen LogP contribution in [-0.4, -0.2) is 38.6 Å². The number of nitrogens with two attached hydrogens (primary N) is 1. The second kappa shape index (κ2) is 3.93. The summed E-state index contributed by atoms with van der Waals surface area (Å²) in [6.45, 7) is 4.34. The summed E-state index contributed by atoms with van der Waals surface area (Å²) in [5.41, 5.74) is 9.17. The van der Waals surface area contributed by atoms with Crippen molar-refractivity contribution in [1.29, 1.82) is 0 Å². The predicted molar refractivity (Wildman–Crippen MR) is 74.9 cm³/mol. The van der Waals surface area contributed by atoms with Crippen LogP contribution in [0, 0.1) is 6.92 Å². The van der Waals surface area contributed by atoms with Gasteiger partial charge in [-0.1, -0.05) is 0 Å². The van der Waals surface area contributed by atoms with Gasteiger partial charge >= 0.3 is 0 Å². The molecule has 0 aromatic carbocycles. The summed E-state index contributed by atoms with van der Waals surface area (Å²) in [6, 6.07) is 3.25. The predicted octanol–water partition coefficient (Wildman–Crippen LogP) is 1.73. The maximum absolute atomic E-state index is 6.13. The molecule has 2 N–H and O–H groups in total. The molecular weight excluding hydrogens is 238 g/mol. The van der Waals surface area contributed by atoms with Gasteiger partial charge in [0.05, 0.1) is 6.04 Å². The summed E-state index contributed by atoms with van der Waals surface area (Å²) < 4.78 is 2.14. The van der Waals surface area contributed by atoms with Crippen LogP contribution in [0.25, 0.3) is 11.2 Å². The van der Waals surface area contributed by atoms with Crippen LogP contribution in [-0.2, 0) is 0 Å². The molecule has 0 radical (unpaired) electrons. The number of rotatable bonds is 2. The molecule has 19 heavy (non-hydrogen) atoms. The van der Waals surface area contributed by atoms with Gasteiger partial charge in [0.15, 0.2) is 5.65 Å². The standard InChI is InChI=1S/C14H19N5/c1-9-4-6-16-13-12(9)17-14(15)19(13)11-5-7-18(8-11)10-2-3-10/h4,6,10-11H,2-3,5,7-8H2,1H3,(H2,15,17). The maximum Gasteiger partial charge on any atom is 0.202 e. The number of nitrogens with zero attached hydrogens (tertiary/aromatic N) is 4. The van der Waals surface area contributed by atoms with Crippen molar-refractivity contribution < 1.29 is 0 Å². The third-order valence-electron chi connectivity index (χ3n) is 4.43. The van der Waals surface area contributed by atoms with Crippen molar-refractivity contribution in [3.8, 4) is 0 Å². The van der Waals surface area contributed by atoms with E-state index in [0.29, 0.717) is 12.0 Å². The fourth-order valence-electron chi connectivity index (χ4n) is 3.24. The van der Waals surface area contributed by atoms with E-state index in [2.05, 4.69) is 26.4 Å². The van der Waals surface area contributed by atoms with Crippen molar-refractivity contribution in [2.75, 3.05) is 18.8 Å². The van der Waals surface area contributed by atoms with E-state index in [1.165, 1.54) is 19.4 Å². The molecule has 0 bridgehead atoms. The molecular formula is C14H19N5. The maximum atomic E-state index is 6.13. The minimum absolute atomic E-state index is 0.430. The molecule has 1 saturated heterocycles. The highest BCUT2D eigenvalue weighted by Crippen LogP contribution is 2.35. The topological polar surface area (TPSA) is 60.0 Å². The van der Waals surface area contributed by atoms with Crippen LogP contribution in [0.4, 0.5) is 5.95 Å². The number of anilines is 1. The number of hydrogen-bond donors (Lipinski definition) is 1. The number of nitrogen functional groups attached to an aromatic ring is 1. The molecule has 1 atom stereocenters. The number of pyridine rings is 1. The van der Waals surface area contributed by atoms with Gasteiger partial charge in [0, 0.05) is 25.3 Å². The Hall–Kier alpha value is -1.62. The van der Waals surface area contributed by atoms with Crippen molar-refractivity contribution in [3.05, 3.63) is 17.8 Å². The first-order chi connectivity index (χ1) is 9.24. The quantitative estimate of drug-likeness (QED) is 0.890. The molecule has 100 valence electrons. The van der Waals surface area contributed by atoms with E-state index in [1.54, 1.807) is 0 Å². The smallest absolute Gasteiger partial charge is 0.202 e. The van der Waals surface area contributed by atoms with Crippen molar-refractivity contribution >= 4 is 17.1 Å². The number of fused-ring (bicyclic) bond motifs is 1. The monoisotopic (exact) mass is 257 g/mol. The molecule has 1 saturated carbocycles. The van der Waals surface area contributed by atoms with Gasteiger partial charge in [-0.2, -0.15) is 0 Å². The van der Waals surface area contributed by atoms with Crippen molar-refractivity contribution in [3.63, 3.8) is 0 Å². The number of aryl methyl sites for hydroxylation is 1. The van der Waals surface area contributed by atoms with Crippen LogP contribution in [0.5, 0.6) is 0 Å². The van der Waals surface area contributed by atoms with E-state index < -0.39 is 0 Å². The Morgan fingerprint density at radius 3 is 2.89 bits per heavy atom. The van der Waals surface area contributed by atoms with Crippen LogP contribution in [0.2, 0.25) is 0 Å². The first-order valence-electron chi connectivity index (χ1n) is 7.07. The zero-order chi connectivity index (χ0) is 13.0. The van der Waals surface area contributed by atoms with Crippen molar-refractivity contribution in [2.45, 2.75) is 38.3 Å². The molecule has 1 aliphatic carbocycles. The van der Waals surface area contributed by atoms with Crippen LogP contribution in [0.3, 0.4) is 0 Å². The molecule has 2 aliphatic rings. The SMILES string of the molecule is Cc1ccnc2c1nc(N)n2C1CCN(C2CC2)C1. The molecule has 2 aromatic rings. The van der Waals surface area contributed by atoms with Crippen LogP contribution in [0.1, 0.15) is 30.9 Å². The zero-order valence-electron chi connectivity index (χ0n) is 11.2. The van der Waals surface area contributed by atoms with Gasteiger partial charge in [-0.05, 0) is 37.8 Å². The molecule has 2 fully saturated rings. The summed E-state index contributed by atoms with van der Waals surface area (Å²) in [5, 5.41) is 0. The molecule has 1 aliphatic heterocycles. The first kappa shape index (κ1) is 11.2. The molecule has 3 heterocycles. The largest absolute Gasteiger partial charge is 0.369 e. The Bertz CT molecular complexity index is 628. The van der Waals surface area contributed by atoms with E-state index in [1.807, 2.05) is 12.3 Å². The zero-order valence-corrected chi connectivity index (χ0v) is 11.2. The molecule has 5 heteroatoms. The van der Waals surface area contributed by atoms with Crippen LogP contribution >= 0.6 is 0 Å². The minimum atomic E-state index is 0.430. The summed E-state index contributed by atoms with van der Waals surface area (Å²) in [5.74, 6) is 0.611. The van der Waals surface area contributed by atoms with Gasteiger partial charge in [-0.25, -0.2) is 9.97 Å². The highest BCUT2D eigenvalue weighted by molar-refractivity contribution is 5.77. The third-order valence-corrected chi connectivity index (χ3v) is 4.43. The Morgan fingerprint density at radius 2 is 2.11 bits per heavy atom. The number of likely N-dealkylation sites (tertiary alicyclic amines) is 1. The van der Waals surface area contributed by atoms with E-state index in [4.69, 9.17) is 5.73 Å². The third kappa shape index (κ3) is 1.72. The lowest BCUT2D eigenvalue weighted by Gasteiger charge is -2.16. The highest BCUT2D eigenvalue weighted by Gasteiger charge is 2.36. The van der Waals surface area contributed by atoms with Gasteiger partial charge in [-0.3, -0.25) is 9.47 Å². The second-order valence-corrected chi connectivity index (χ2v) is 5.81. The van der Waals surface area contributed by atoms with Gasteiger partial charge < -0.3 is 5.73 Å². The summed E-state index contributed by atoms with van der Waals surface area (Å²) in [7, 11) is 0. The molecule has 0 spiro atoms. The lowest BCUT2D eigenvalue weighted by atomic mass is 10.2. The van der Waals surface area contributed by atoms with Crippen LogP contribution < -0.4 is 5.73 Å². The summed E-state index contributed by atoms with van der Waals surface area (Å²) >= 11 is 0. The Morgan fingerprint density at radius 1 is 1.26 bits per heavy atom. The number of imidazole rings is 1. The molecule has 0 amide bonds. The van der Waals surface area contributed by atoms with Crippen molar-refractivity contribution in [1.82, 2.24) is 19.4 Å². The van der Waals surface area contributed by atoms with Crippen LogP contribution in [0.15, 0.2) is 12.3 Å². The van der Waals surface area contributed by atoms with Gasteiger partial charge in [0.1, 0.15) is 5.52 Å². The number of aromatic nitrogens is 3. The average Bonchev–Trinajstić information content (AvgIpc) is 3.03. The average molecular weight is 257 g/mol. The Kier molecular flexibility index (Phi) is 2.33. The molecule has 4 rings (SSSR count). The van der Waals surface area contributed by atoms with E-state index in [0.717, 1.165) is 35.7 Å². The summed E-state index contributed by atoms with van der Waals surface area (Å²) in [6.07, 6.45) is 5.74. The molecule has 1 unspecified atom stereocenters. The first-order valence-corrected chi connectivity index (χ1v) is 7.07. The lowest BCUT2D eigenvalue weighted by molar-refractivity contribution is 0.315. The van der Waals surface area contributed by atoms with Gasteiger partial charge in [0.2, 0.25) is 5.95 Å². The Balaban J connectivity index is 1.74. The summed E-state index contributed by atoms with van der Waals surface area (Å²) in [4.78, 5) is 11.6. The minimum Gasteiger partial charge on any atom is -0.369 e. The van der Waals surface area contributed by atoms with E-state index in [9.17, 15) is 0 Å². The lowest BCUT2D eigenvalue weighted by Crippen LogP contribution is -2.24. The molecule has 2 aromatic heterocycles. The Labute approximate surface area is 112 Å². The fourth-order valence-corrected chi connectivity index (χ4v) is 3.24. The van der Waals surface area contributed by atoms with Gasteiger partial charge in [0.25, 0.3) is 0 Å². The normalized spacial score (nSPS) is 24.4. The fraction of sp³-hybridized carbons (Fsp3) is 0.571. The highest BCUT2D eigenvalue weighted by atomic mass is 15.3. The number of hydrogen-bond acceptors (Lipinski definition) is 4. The van der Waals surface area contributed by atoms with Gasteiger partial charge in [-0.15, -0.1) is 0 Å². The van der Waals surface area contributed by atoms with E-state index >= 15 is 0 Å². The van der Waals surface area contributed by atoms with Crippen molar-refractivity contribution in [2.24, 2.45) is 0 Å². The van der Waals surface area contributed by atoms with E-state index in [-0.39, 0.29) is 0 Å². The molecule has 5 nitrogen and oxygen atoms in total.